The number of hydrogen-bond donors (Lipinski definition) is 1. The van der Waals surface area contributed by atoms with Crippen LogP contribution in [0.25, 0.3) is 0 Å². The summed E-state index contributed by atoms with van der Waals surface area (Å²) in [7, 11) is 0. The number of aromatic amines is 1. The average Bonchev–Trinajstić information content (AvgIpc) is 2.37. The van der Waals surface area contributed by atoms with Crippen LogP contribution in [0, 0.1) is 10.6 Å². The minimum atomic E-state index is -0.321. The summed E-state index contributed by atoms with van der Waals surface area (Å²) >= 11 is 4.92. The van der Waals surface area contributed by atoms with Crippen LogP contribution < -0.4 is 0 Å². The molecule has 1 unspecified atom stereocenters. The van der Waals surface area contributed by atoms with Gasteiger partial charge in [-0.1, -0.05) is 12.1 Å². The second-order valence-electron chi connectivity index (χ2n) is 3.90. The Morgan fingerprint density at radius 3 is 2.67 bits per heavy atom. The number of hydrogen-bond acceptors (Lipinski definition) is 3. The van der Waals surface area contributed by atoms with E-state index >= 15 is 0 Å². The van der Waals surface area contributed by atoms with E-state index in [0.717, 1.165) is 17.5 Å². The van der Waals surface area contributed by atoms with Gasteiger partial charge < -0.3 is 9.78 Å². The molecule has 1 aromatic carbocycles. The number of rotatable bonds is 4. The van der Waals surface area contributed by atoms with Crippen molar-refractivity contribution >= 4 is 18.5 Å². The SMILES string of the molecule is O=CC(Cc1ccnc(=S)[nH]1)c1ccc(F)cc1. The lowest BCUT2D eigenvalue weighted by Gasteiger charge is -2.10. The third-order valence-corrected chi connectivity index (χ3v) is 2.84. The first-order valence-electron chi connectivity index (χ1n) is 5.44. The van der Waals surface area contributed by atoms with Crippen LogP contribution in [0.4, 0.5) is 4.39 Å². The average molecular weight is 262 g/mol. The van der Waals surface area contributed by atoms with Gasteiger partial charge >= 0.3 is 0 Å². The van der Waals surface area contributed by atoms with Gasteiger partial charge in [0, 0.05) is 24.2 Å². The third kappa shape index (κ3) is 3.07. The van der Waals surface area contributed by atoms with Gasteiger partial charge in [-0.05, 0) is 36.0 Å². The van der Waals surface area contributed by atoms with Crippen LogP contribution in [-0.2, 0) is 11.2 Å². The van der Waals surface area contributed by atoms with Crippen molar-refractivity contribution in [1.82, 2.24) is 9.97 Å². The largest absolute Gasteiger partial charge is 0.334 e. The normalized spacial score (nSPS) is 12.1. The molecule has 0 saturated heterocycles. The molecule has 2 rings (SSSR count). The van der Waals surface area contributed by atoms with Crippen LogP contribution in [0.2, 0.25) is 0 Å². The minimum Gasteiger partial charge on any atom is -0.334 e. The molecule has 92 valence electrons. The maximum absolute atomic E-state index is 12.8. The first-order chi connectivity index (χ1) is 8.69. The van der Waals surface area contributed by atoms with Gasteiger partial charge in [0.05, 0.1) is 0 Å². The van der Waals surface area contributed by atoms with Crippen molar-refractivity contribution < 1.29 is 9.18 Å². The lowest BCUT2D eigenvalue weighted by molar-refractivity contribution is -0.109. The lowest BCUT2D eigenvalue weighted by atomic mass is 9.95. The molecule has 0 radical (unpaired) electrons. The van der Waals surface area contributed by atoms with Crippen LogP contribution in [0.15, 0.2) is 36.5 Å². The van der Waals surface area contributed by atoms with Gasteiger partial charge in [0.15, 0.2) is 4.77 Å². The molecule has 1 atom stereocenters. The summed E-state index contributed by atoms with van der Waals surface area (Å²) in [6, 6.07) is 7.70. The first kappa shape index (κ1) is 12.6. The van der Waals surface area contributed by atoms with E-state index in [-0.39, 0.29) is 11.7 Å². The van der Waals surface area contributed by atoms with Gasteiger partial charge in [0.25, 0.3) is 0 Å². The van der Waals surface area contributed by atoms with Crippen LogP contribution >= 0.6 is 12.2 Å². The van der Waals surface area contributed by atoms with E-state index < -0.39 is 0 Å². The zero-order valence-corrected chi connectivity index (χ0v) is 10.3. The van der Waals surface area contributed by atoms with Gasteiger partial charge in [-0.3, -0.25) is 0 Å². The fourth-order valence-electron chi connectivity index (χ4n) is 1.72. The van der Waals surface area contributed by atoms with Crippen molar-refractivity contribution in [3.8, 4) is 0 Å². The highest BCUT2D eigenvalue weighted by Gasteiger charge is 2.11. The van der Waals surface area contributed by atoms with E-state index in [0.29, 0.717) is 11.2 Å². The van der Waals surface area contributed by atoms with Crippen molar-refractivity contribution in [2.75, 3.05) is 0 Å². The molecule has 0 saturated carbocycles. The summed E-state index contributed by atoms with van der Waals surface area (Å²) < 4.78 is 13.2. The van der Waals surface area contributed by atoms with E-state index in [2.05, 4.69) is 9.97 Å². The molecular weight excluding hydrogens is 251 g/mol. The summed E-state index contributed by atoms with van der Waals surface area (Å²) in [6.07, 6.45) is 2.94. The highest BCUT2D eigenvalue weighted by Crippen LogP contribution is 2.18. The molecule has 18 heavy (non-hydrogen) atoms. The summed E-state index contributed by atoms with van der Waals surface area (Å²) in [4.78, 5) is 17.9. The highest BCUT2D eigenvalue weighted by molar-refractivity contribution is 7.71. The van der Waals surface area contributed by atoms with Gasteiger partial charge in [-0.15, -0.1) is 0 Å². The van der Waals surface area contributed by atoms with Gasteiger partial charge in [0.2, 0.25) is 0 Å². The number of aromatic nitrogens is 2. The van der Waals surface area contributed by atoms with Crippen LogP contribution in [-0.4, -0.2) is 16.3 Å². The molecule has 1 N–H and O–H groups in total. The van der Waals surface area contributed by atoms with Crippen molar-refractivity contribution in [3.05, 3.63) is 58.4 Å². The van der Waals surface area contributed by atoms with Crippen molar-refractivity contribution in [3.63, 3.8) is 0 Å². The first-order valence-corrected chi connectivity index (χ1v) is 5.85. The monoisotopic (exact) mass is 262 g/mol. The summed E-state index contributed by atoms with van der Waals surface area (Å²) in [5, 5.41) is 0. The molecule has 0 amide bonds. The highest BCUT2D eigenvalue weighted by atomic mass is 32.1. The number of benzene rings is 1. The molecule has 0 aliphatic rings. The maximum atomic E-state index is 12.8. The fourth-order valence-corrected chi connectivity index (χ4v) is 1.91. The Morgan fingerprint density at radius 1 is 1.33 bits per heavy atom. The molecule has 0 spiro atoms. The van der Waals surface area contributed by atoms with Crippen molar-refractivity contribution in [1.29, 1.82) is 0 Å². The van der Waals surface area contributed by atoms with Crippen LogP contribution in [0.1, 0.15) is 17.2 Å². The predicted molar refractivity (Wildman–Crippen MR) is 68.3 cm³/mol. The standard InChI is InChI=1S/C13H11FN2OS/c14-11-3-1-9(2-4-11)10(8-17)7-12-5-6-15-13(18)16-12/h1-6,8,10H,7H2,(H,15,16,18). The van der Waals surface area contributed by atoms with Gasteiger partial charge in [-0.25, -0.2) is 9.37 Å². The second kappa shape index (κ2) is 5.64. The van der Waals surface area contributed by atoms with E-state index in [1.54, 1.807) is 24.4 Å². The summed E-state index contributed by atoms with van der Waals surface area (Å²) in [5.74, 6) is -0.634. The Kier molecular flexibility index (Phi) is 3.94. The Balaban J connectivity index is 2.22. The Morgan fingerprint density at radius 2 is 2.06 bits per heavy atom. The molecule has 0 aliphatic carbocycles. The third-order valence-electron chi connectivity index (χ3n) is 2.64. The number of carbonyl (C=O) groups is 1. The van der Waals surface area contributed by atoms with E-state index in [1.165, 1.54) is 12.1 Å². The molecule has 1 heterocycles. The number of nitrogens with zero attached hydrogens (tertiary/aromatic N) is 1. The molecule has 0 bridgehead atoms. The number of H-pyrrole nitrogens is 1. The topological polar surface area (TPSA) is 45.8 Å². The Bertz CT molecular complexity index is 594. The fraction of sp³-hybridized carbons (Fsp3) is 0.154. The minimum absolute atomic E-state index is 0.313. The lowest BCUT2D eigenvalue weighted by Crippen LogP contribution is -2.06. The van der Waals surface area contributed by atoms with E-state index in [9.17, 15) is 9.18 Å². The summed E-state index contributed by atoms with van der Waals surface area (Å²) in [6.45, 7) is 0. The van der Waals surface area contributed by atoms with Gasteiger partial charge in [-0.2, -0.15) is 0 Å². The predicted octanol–water partition coefficient (Wildman–Crippen LogP) is 2.80. The summed E-state index contributed by atoms with van der Waals surface area (Å²) in [5.41, 5.74) is 1.61. The Hall–Kier alpha value is -1.88. The maximum Gasteiger partial charge on any atom is 0.196 e. The number of nitrogens with one attached hydrogen (secondary N) is 1. The number of halogens is 1. The molecule has 0 aliphatic heterocycles. The number of aldehydes is 1. The molecule has 0 fully saturated rings. The molecule has 2 aromatic rings. The molecule has 3 nitrogen and oxygen atoms in total. The zero-order valence-electron chi connectivity index (χ0n) is 9.47. The second-order valence-corrected chi connectivity index (χ2v) is 4.29. The van der Waals surface area contributed by atoms with E-state index in [1.807, 2.05) is 0 Å². The Labute approximate surface area is 109 Å². The van der Waals surface area contributed by atoms with E-state index in [4.69, 9.17) is 12.2 Å². The van der Waals surface area contributed by atoms with Crippen LogP contribution in [0.3, 0.4) is 0 Å². The van der Waals surface area contributed by atoms with Crippen molar-refractivity contribution in [2.45, 2.75) is 12.3 Å². The number of carbonyl (C=O) groups excluding carboxylic acids is 1. The zero-order chi connectivity index (χ0) is 13.0. The van der Waals surface area contributed by atoms with Crippen LogP contribution in [0.5, 0.6) is 0 Å². The van der Waals surface area contributed by atoms with Gasteiger partial charge in [0.1, 0.15) is 12.1 Å². The molecular formula is C13H11FN2OS. The van der Waals surface area contributed by atoms with Crippen molar-refractivity contribution in [2.24, 2.45) is 0 Å². The molecule has 1 aromatic heterocycles. The quantitative estimate of drug-likeness (QED) is 0.680. The molecule has 5 heteroatoms. The smallest absolute Gasteiger partial charge is 0.196 e.